The average molecular weight is 265 g/mol. The van der Waals surface area contributed by atoms with Crippen LogP contribution in [0.1, 0.15) is 31.7 Å². The van der Waals surface area contributed by atoms with E-state index in [1.54, 1.807) is 11.3 Å². The first-order chi connectivity index (χ1) is 8.74. The molecule has 2 aromatic rings. The lowest BCUT2D eigenvalue weighted by molar-refractivity contribution is 0.304. The van der Waals surface area contributed by atoms with E-state index in [2.05, 4.69) is 24.9 Å². The van der Waals surface area contributed by atoms with Crippen molar-refractivity contribution in [3.8, 4) is 11.5 Å². The number of hydrogen-bond acceptors (Lipinski definition) is 4. The summed E-state index contributed by atoms with van der Waals surface area (Å²) in [7, 11) is 0. The molecule has 4 heteroatoms. The molecule has 98 valence electrons. The third kappa shape index (κ3) is 2.93. The van der Waals surface area contributed by atoms with Gasteiger partial charge in [0.1, 0.15) is 17.0 Å². The normalized spacial score (nSPS) is 10.8. The molecule has 0 amide bonds. The molecule has 0 radical (unpaired) electrons. The van der Waals surface area contributed by atoms with Gasteiger partial charge in [-0.15, -0.1) is 11.3 Å². The zero-order chi connectivity index (χ0) is 13.0. The number of benzene rings is 1. The van der Waals surface area contributed by atoms with Crippen LogP contribution in [0.5, 0.6) is 11.5 Å². The van der Waals surface area contributed by atoms with Gasteiger partial charge < -0.3 is 9.47 Å². The molecular formula is C14H19NO2S. The molecule has 0 unspecified atom stereocenters. The van der Waals surface area contributed by atoms with Gasteiger partial charge in [-0.3, -0.25) is 0 Å². The van der Waals surface area contributed by atoms with Crippen LogP contribution in [0, 0.1) is 6.92 Å². The first-order valence-corrected chi connectivity index (χ1v) is 7.23. The first kappa shape index (κ1) is 13.1. The predicted octanol–water partition coefficient (Wildman–Crippen LogP) is 4.18. The molecule has 3 nitrogen and oxygen atoms in total. The van der Waals surface area contributed by atoms with Crippen molar-refractivity contribution in [1.82, 2.24) is 4.98 Å². The summed E-state index contributed by atoms with van der Waals surface area (Å²) in [4.78, 5) is 4.53. The fraction of sp³-hybridized carbons (Fsp3) is 0.500. The number of ether oxygens (including phenoxy) is 2. The van der Waals surface area contributed by atoms with E-state index in [0.717, 1.165) is 46.2 Å². The Bertz CT molecular complexity index is 522. The third-order valence-electron chi connectivity index (χ3n) is 2.47. The minimum Gasteiger partial charge on any atom is -0.493 e. The highest BCUT2D eigenvalue weighted by Gasteiger charge is 2.10. The largest absolute Gasteiger partial charge is 0.493 e. The highest BCUT2D eigenvalue weighted by atomic mass is 32.1. The molecule has 0 fully saturated rings. The first-order valence-electron chi connectivity index (χ1n) is 6.41. The van der Waals surface area contributed by atoms with Crippen LogP contribution in [0.2, 0.25) is 0 Å². The van der Waals surface area contributed by atoms with Crippen LogP contribution in [0.4, 0.5) is 0 Å². The summed E-state index contributed by atoms with van der Waals surface area (Å²) < 4.78 is 12.6. The molecule has 0 bridgehead atoms. The lowest BCUT2D eigenvalue weighted by Crippen LogP contribution is -1.98. The van der Waals surface area contributed by atoms with Crippen molar-refractivity contribution < 1.29 is 9.47 Å². The number of nitrogens with zero attached hydrogens (tertiary/aromatic N) is 1. The fourth-order valence-corrected chi connectivity index (χ4v) is 2.58. The second-order valence-corrected chi connectivity index (χ2v) is 5.43. The summed E-state index contributed by atoms with van der Waals surface area (Å²) >= 11 is 1.68. The third-order valence-corrected chi connectivity index (χ3v) is 3.39. The summed E-state index contributed by atoms with van der Waals surface area (Å²) in [5, 5.41) is 1.05. The maximum atomic E-state index is 5.77. The Kier molecular flexibility index (Phi) is 4.42. The van der Waals surface area contributed by atoms with Gasteiger partial charge in [0.2, 0.25) is 0 Å². The van der Waals surface area contributed by atoms with Crippen LogP contribution >= 0.6 is 11.3 Å². The average Bonchev–Trinajstić information content (AvgIpc) is 2.73. The Morgan fingerprint density at radius 1 is 1.11 bits per heavy atom. The summed E-state index contributed by atoms with van der Waals surface area (Å²) in [5.41, 5.74) is 0.954. The second-order valence-electron chi connectivity index (χ2n) is 4.20. The van der Waals surface area contributed by atoms with Crippen LogP contribution in [-0.2, 0) is 0 Å². The number of thiazole rings is 1. The highest BCUT2D eigenvalue weighted by molar-refractivity contribution is 7.18. The fourth-order valence-electron chi connectivity index (χ4n) is 1.71. The Labute approximate surface area is 112 Å². The van der Waals surface area contributed by atoms with Crippen molar-refractivity contribution in [3.05, 3.63) is 17.1 Å². The molecule has 0 atom stereocenters. The minimum absolute atomic E-state index is 0.711. The standard InChI is InChI=1S/C14H19NO2S/c1-4-6-16-11-8-12(17-7-5-2)14-13(9-11)18-10(3)15-14/h8-9H,4-7H2,1-3H3. The van der Waals surface area contributed by atoms with E-state index in [1.807, 2.05) is 13.0 Å². The second kappa shape index (κ2) is 6.05. The Morgan fingerprint density at radius 2 is 1.83 bits per heavy atom. The Balaban J connectivity index is 2.36. The van der Waals surface area contributed by atoms with Crippen molar-refractivity contribution in [2.45, 2.75) is 33.6 Å². The van der Waals surface area contributed by atoms with E-state index < -0.39 is 0 Å². The van der Waals surface area contributed by atoms with Crippen LogP contribution in [-0.4, -0.2) is 18.2 Å². The van der Waals surface area contributed by atoms with Crippen molar-refractivity contribution >= 4 is 21.6 Å². The zero-order valence-corrected chi connectivity index (χ0v) is 12.0. The van der Waals surface area contributed by atoms with Gasteiger partial charge in [-0.1, -0.05) is 13.8 Å². The van der Waals surface area contributed by atoms with E-state index in [1.165, 1.54) is 0 Å². The maximum absolute atomic E-state index is 5.77. The Morgan fingerprint density at radius 3 is 2.56 bits per heavy atom. The van der Waals surface area contributed by atoms with Crippen molar-refractivity contribution in [1.29, 1.82) is 0 Å². The van der Waals surface area contributed by atoms with E-state index in [0.29, 0.717) is 6.61 Å². The smallest absolute Gasteiger partial charge is 0.150 e. The number of rotatable bonds is 6. The summed E-state index contributed by atoms with van der Waals surface area (Å²) in [6.45, 7) is 7.66. The highest BCUT2D eigenvalue weighted by Crippen LogP contribution is 2.34. The lowest BCUT2D eigenvalue weighted by Gasteiger charge is -2.09. The SMILES string of the molecule is CCCOc1cc(OCCC)c2nc(C)sc2c1. The zero-order valence-electron chi connectivity index (χ0n) is 11.2. The molecule has 0 N–H and O–H groups in total. The molecular weight excluding hydrogens is 246 g/mol. The van der Waals surface area contributed by atoms with Gasteiger partial charge in [-0.2, -0.15) is 0 Å². The Hall–Kier alpha value is -1.29. The lowest BCUT2D eigenvalue weighted by atomic mass is 10.3. The molecule has 18 heavy (non-hydrogen) atoms. The van der Waals surface area contributed by atoms with E-state index in [9.17, 15) is 0 Å². The molecule has 2 rings (SSSR count). The number of aryl methyl sites for hydroxylation is 1. The van der Waals surface area contributed by atoms with Crippen molar-refractivity contribution in [2.75, 3.05) is 13.2 Å². The topological polar surface area (TPSA) is 31.4 Å². The van der Waals surface area contributed by atoms with Gasteiger partial charge in [0.25, 0.3) is 0 Å². The molecule has 0 saturated heterocycles. The summed E-state index contributed by atoms with van der Waals surface area (Å²) in [5.74, 6) is 1.71. The van der Waals surface area contributed by atoms with Gasteiger partial charge in [0.15, 0.2) is 0 Å². The van der Waals surface area contributed by atoms with Crippen LogP contribution in [0.3, 0.4) is 0 Å². The molecule has 1 aromatic heterocycles. The molecule has 0 aliphatic carbocycles. The molecule has 1 heterocycles. The van der Waals surface area contributed by atoms with Crippen LogP contribution < -0.4 is 9.47 Å². The molecule has 0 spiro atoms. The predicted molar refractivity (Wildman–Crippen MR) is 75.9 cm³/mol. The van der Waals surface area contributed by atoms with Crippen molar-refractivity contribution in [3.63, 3.8) is 0 Å². The van der Waals surface area contributed by atoms with Crippen molar-refractivity contribution in [2.24, 2.45) is 0 Å². The monoisotopic (exact) mass is 265 g/mol. The number of aromatic nitrogens is 1. The van der Waals surface area contributed by atoms with Gasteiger partial charge in [0, 0.05) is 6.07 Å². The van der Waals surface area contributed by atoms with Crippen LogP contribution in [0.15, 0.2) is 12.1 Å². The van der Waals surface area contributed by atoms with E-state index in [-0.39, 0.29) is 0 Å². The minimum atomic E-state index is 0.711. The van der Waals surface area contributed by atoms with Gasteiger partial charge >= 0.3 is 0 Å². The number of hydrogen-bond donors (Lipinski definition) is 0. The molecule has 0 aliphatic heterocycles. The number of fused-ring (bicyclic) bond motifs is 1. The van der Waals surface area contributed by atoms with Gasteiger partial charge in [-0.25, -0.2) is 4.98 Å². The molecule has 0 saturated carbocycles. The van der Waals surface area contributed by atoms with Gasteiger partial charge in [0.05, 0.1) is 22.9 Å². The maximum Gasteiger partial charge on any atom is 0.150 e. The van der Waals surface area contributed by atoms with Crippen LogP contribution in [0.25, 0.3) is 10.2 Å². The van der Waals surface area contributed by atoms with Gasteiger partial charge in [-0.05, 0) is 25.8 Å². The summed E-state index contributed by atoms with van der Waals surface area (Å²) in [6.07, 6.45) is 2.00. The molecule has 1 aromatic carbocycles. The van der Waals surface area contributed by atoms with E-state index >= 15 is 0 Å². The molecule has 0 aliphatic rings. The quantitative estimate of drug-likeness (QED) is 0.785. The summed E-state index contributed by atoms with van der Waals surface area (Å²) in [6, 6.07) is 4.00. The van der Waals surface area contributed by atoms with E-state index in [4.69, 9.17) is 9.47 Å².